The largest absolute Gasteiger partial charge is 0.490 e. The first-order valence-electron chi connectivity index (χ1n) is 16.6. The summed E-state index contributed by atoms with van der Waals surface area (Å²) in [5, 5.41) is 10.8. The Morgan fingerprint density at radius 1 is 0.646 bits per heavy atom. The zero-order valence-electron chi connectivity index (χ0n) is 29.5. The number of ether oxygens (including phenoxy) is 5. The van der Waals surface area contributed by atoms with Gasteiger partial charge in [-0.2, -0.15) is 0 Å². The van der Waals surface area contributed by atoms with Crippen molar-refractivity contribution in [2.24, 2.45) is 0 Å². The van der Waals surface area contributed by atoms with Gasteiger partial charge in [0.05, 0.1) is 13.2 Å². The van der Waals surface area contributed by atoms with E-state index < -0.39 is 6.10 Å². The molecule has 0 radical (unpaired) electrons. The number of hydrogen-bond acceptors (Lipinski definition) is 7. The predicted molar refractivity (Wildman–Crippen MR) is 190 cm³/mol. The van der Waals surface area contributed by atoms with E-state index in [2.05, 4.69) is 76.2 Å². The highest BCUT2D eigenvalue weighted by Crippen LogP contribution is 2.35. The first-order valence-corrected chi connectivity index (χ1v) is 16.6. The molecule has 7 nitrogen and oxygen atoms in total. The lowest BCUT2D eigenvalue weighted by molar-refractivity contribution is -0.112. The van der Waals surface area contributed by atoms with Crippen molar-refractivity contribution in [3.05, 3.63) is 98.6 Å². The van der Waals surface area contributed by atoms with Crippen LogP contribution in [0.15, 0.2) is 48.5 Å². The highest BCUT2D eigenvalue weighted by Gasteiger charge is 2.24. The van der Waals surface area contributed by atoms with Crippen LogP contribution in [-0.4, -0.2) is 56.6 Å². The number of hydrogen-bond donors (Lipinski definition) is 1. The van der Waals surface area contributed by atoms with Crippen molar-refractivity contribution in [3.8, 4) is 39.5 Å². The number of aldehydes is 1. The van der Waals surface area contributed by atoms with Crippen LogP contribution in [0.4, 0.5) is 0 Å². The summed E-state index contributed by atoms with van der Waals surface area (Å²) >= 11 is 0. The van der Waals surface area contributed by atoms with Gasteiger partial charge < -0.3 is 33.6 Å². The fourth-order valence-corrected chi connectivity index (χ4v) is 6.38. The van der Waals surface area contributed by atoms with Crippen molar-refractivity contribution in [3.63, 3.8) is 0 Å². The SMILES string of the molecule is Cc1cc(-c2cc(C)c(OCC(O)COc3c(C)cc(-c4cc(C)c(OCC5CO5)c(C)c4)cc3C)c(C)c2)cc(C)c1COCC=O. The van der Waals surface area contributed by atoms with Gasteiger partial charge in [-0.15, -0.1) is 0 Å². The average Bonchev–Trinajstić information content (AvgIpc) is 3.85. The number of benzene rings is 4. The van der Waals surface area contributed by atoms with Gasteiger partial charge >= 0.3 is 0 Å². The predicted octanol–water partition coefficient (Wildman–Crippen LogP) is 7.80. The number of aryl methyl sites for hydroxylation is 8. The molecule has 48 heavy (non-hydrogen) atoms. The fourth-order valence-electron chi connectivity index (χ4n) is 6.38. The quantitative estimate of drug-likeness (QED) is 0.0797. The minimum absolute atomic E-state index is 0.0942. The van der Waals surface area contributed by atoms with Crippen LogP contribution in [0.5, 0.6) is 17.2 Å². The molecule has 0 aromatic heterocycles. The summed E-state index contributed by atoms with van der Waals surface area (Å²) in [6.45, 7) is 18.5. The Bertz CT molecular complexity index is 1690. The third-order valence-corrected chi connectivity index (χ3v) is 8.83. The Morgan fingerprint density at radius 2 is 1.00 bits per heavy atom. The number of carbonyl (C=O) groups is 1. The highest BCUT2D eigenvalue weighted by molar-refractivity contribution is 5.71. The lowest BCUT2D eigenvalue weighted by Crippen LogP contribution is -2.25. The molecule has 0 bridgehead atoms. The van der Waals surface area contributed by atoms with E-state index in [0.29, 0.717) is 13.2 Å². The van der Waals surface area contributed by atoms with Crippen molar-refractivity contribution < 1.29 is 33.6 Å². The van der Waals surface area contributed by atoms with Gasteiger partial charge in [-0.3, -0.25) is 0 Å². The van der Waals surface area contributed by atoms with Gasteiger partial charge in [-0.05, 0) is 164 Å². The molecule has 1 N–H and O–H groups in total. The van der Waals surface area contributed by atoms with E-state index in [-0.39, 0.29) is 25.9 Å². The van der Waals surface area contributed by atoms with E-state index in [4.69, 9.17) is 23.7 Å². The van der Waals surface area contributed by atoms with Crippen molar-refractivity contribution in [2.75, 3.05) is 33.0 Å². The lowest BCUT2D eigenvalue weighted by atomic mass is 9.94. The summed E-state index contributed by atoms with van der Waals surface area (Å²) < 4.78 is 29.1. The molecule has 0 spiro atoms. The highest BCUT2D eigenvalue weighted by atomic mass is 16.6. The maximum absolute atomic E-state index is 10.8. The summed E-state index contributed by atoms with van der Waals surface area (Å²) in [5.41, 5.74) is 14.0. The molecular weight excluding hydrogens is 604 g/mol. The Hall–Kier alpha value is -4.17. The number of rotatable bonds is 15. The third-order valence-electron chi connectivity index (χ3n) is 8.83. The monoisotopic (exact) mass is 652 g/mol. The molecule has 254 valence electrons. The summed E-state index contributed by atoms with van der Waals surface area (Å²) in [5.74, 6) is 2.47. The summed E-state index contributed by atoms with van der Waals surface area (Å²) in [4.78, 5) is 10.6. The zero-order chi connectivity index (χ0) is 34.5. The van der Waals surface area contributed by atoms with E-state index >= 15 is 0 Å². The second kappa shape index (κ2) is 15.4. The standard InChI is InChI=1S/C41H48O7/c1-24-11-32(12-25(2)38(24)23-44-10-9-42)33-13-26(3)39(27(4)14-33)46-19-36(43)20-47-40-28(5)15-34(16-29(40)6)35-17-30(7)41(31(8)18-35)48-22-37-21-45-37/h9,11-18,36-37,43H,10,19-23H2,1-8H3. The minimum atomic E-state index is -0.805. The molecular formula is C41H48O7. The van der Waals surface area contributed by atoms with Gasteiger partial charge in [0.25, 0.3) is 0 Å². The molecule has 4 aromatic carbocycles. The summed E-state index contributed by atoms with van der Waals surface area (Å²) in [6.07, 6.45) is 0.186. The molecule has 1 fully saturated rings. The Balaban J connectivity index is 1.20. The molecule has 0 saturated carbocycles. The van der Waals surface area contributed by atoms with Crippen LogP contribution in [0.2, 0.25) is 0 Å². The van der Waals surface area contributed by atoms with Crippen LogP contribution in [0.1, 0.15) is 50.1 Å². The molecule has 7 heteroatoms. The third kappa shape index (κ3) is 8.45. The van der Waals surface area contributed by atoms with Gasteiger partial charge in [0.1, 0.15) is 62.2 Å². The first kappa shape index (κ1) is 35.1. The van der Waals surface area contributed by atoms with Crippen LogP contribution in [0.25, 0.3) is 22.3 Å². The molecule has 0 aliphatic carbocycles. The Morgan fingerprint density at radius 3 is 1.35 bits per heavy atom. The molecule has 1 aliphatic heterocycles. The van der Waals surface area contributed by atoms with Crippen LogP contribution in [0.3, 0.4) is 0 Å². The van der Waals surface area contributed by atoms with E-state index in [1.54, 1.807) is 0 Å². The van der Waals surface area contributed by atoms with Crippen molar-refractivity contribution in [1.29, 1.82) is 0 Å². The number of aliphatic hydroxyl groups excluding tert-OH is 1. The van der Waals surface area contributed by atoms with Gasteiger partial charge in [-0.1, -0.05) is 12.1 Å². The fraction of sp³-hybridized carbons (Fsp3) is 0.390. The topological polar surface area (TPSA) is 86.8 Å². The molecule has 5 rings (SSSR count). The van der Waals surface area contributed by atoms with Crippen LogP contribution < -0.4 is 14.2 Å². The Kier molecular flexibility index (Phi) is 11.3. The molecule has 1 heterocycles. The van der Waals surface area contributed by atoms with Gasteiger partial charge in [0, 0.05) is 0 Å². The smallest absolute Gasteiger partial charge is 0.145 e. The average molecular weight is 653 g/mol. The minimum Gasteiger partial charge on any atom is -0.490 e. The lowest BCUT2D eigenvalue weighted by Gasteiger charge is -2.20. The molecule has 2 unspecified atom stereocenters. The first-order chi connectivity index (χ1) is 22.9. The second-order valence-corrected chi connectivity index (χ2v) is 13.1. The van der Waals surface area contributed by atoms with Crippen LogP contribution in [-0.2, 0) is 20.9 Å². The van der Waals surface area contributed by atoms with Gasteiger partial charge in [0.15, 0.2) is 0 Å². The summed E-state index contributed by atoms with van der Waals surface area (Å²) in [6, 6.07) is 17.1. The molecule has 1 aliphatic rings. The summed E-state index contributed by atoms with van der Waals surface area (Å²) in [7, 11) is 0. The van der Waals surface area contributed by atoms with Gasteiger partial charge in [-0.25, -0.2) is 0 Å². The second-order valence-electron chi connectivity index (χ2n) is 13.1. The van der Waals surface area contributed by atoms with E-state index in [1.165, 1.54) is 0 Å². The normalized spacial score (nSPS) is 14.5. The Labute approximate surface area is 284 Å². The molecule has 4 aromatic rings. The van der Waals surface area contributed by atoms with Crippen molar-refractivity contribution >= 4 is 6.29 Å². The maximum atomic E-state index is 10.8. The van der Waals surface area contributed by atoms with E-state index in [1.807, 2.05) is 27.7 Å². The van der Waals surface area contributed by atoms with Crippen molar-refractivity contribution in [1.82, 2.24) is 0 Å². The zero-order valence-corrected chi connectivity index (χ0v) is 29.5. The van der Waals surface area contributed by atoms with Gasteiger partial charge in [0.2, 0.25) is 0 Å². The van der Waals surface area contributed by atoms with E-state index in [0.717, 1.165) is 102 Å². The molecule has 0 amide bonds. The van der Waals surface area contributed by atoms with Crippen LogP contribution in [0, 0.1) is 55.4 Å². The molecule has 2 atom stereocenters. The maximum Gasteiger partial charge on any atom is 0.145 e. The van der Waals surface area contributed by atoms with Crippen molar-refractivity contribution in [2.45, 2.75) is 74.2 Å². The number of aliphatic hydroxyl groups is 1. The van der Waals surface area contributed by atoms with Crippen LogP contribution >= 0.6 is 0 Å². The van der Waals surface area contributed by atoms with E-state index in [9.17, 15) is 9.90 Å². The molecule has 1 saturated heterocycles. The number of epoxide rings is 1. The number of carbonyl (C=O) groups excluding carboxylic acids is 1.